The largest absolute Gasteiger partial charge is 0.398 e. The molecule has 1 aromatic carbocycles. The predicted octanol–water partition coefficient (Wildman–Crippen LogP) is 0.799. The molecule has 1 fully saturated rings. The number of nitrogen functional groups attached to an aromatic ring is 1. The molecule has 19 heavy (non-hydrogen) atoms. The van der Waals surface area contributed by atoms with Crippen LogP contribution in [-0.2, 0) is 10.0 Å². The summed E-state index contributed by atoms with van der Waals surface area (Å²) in [5.74, 6) is -0.830. The van der Waals surface area contributed by atoms with Crippen LogP contribution in [0.1, 0.15) is 13.3 Å². The van der Waals surface area contributed by atoms with Crippen LogP contribution in [0, 0.1) is 11.7 Å². The van der Waals surface area contributed by atoms with Crippen LogP contribution in [0.3, 0.4) is 0 Å². The normalized spacial score (nSPS) is 24.8. The Hall–Kier alpha value is -1.18. The second kappa shape index (κ2) is 5.07. The van der Waals surface area contributed by atoms with Gasteiger partial charge in [0.05, 0.1) is 18.3 Å². The maximum Gasteiger partial charge on any atom is 0.248 e. The molecule has 0 radical (unpaired) electrons. The summed E-state index contributed by atoms with van der Waals surface area (Å²) < 4.78 is 39.9. The van der Waals surface area contributed by atoms with Gasteiger partial charge in [0.1, 0.15) is 10.7 Å². The Labute approximate surface area is 111 Å². The monoisotopic (exact) mass is 288 g/mol. The second-order valence-corrected chi connectivity index (χ2v) is 6.62. The minimum Gasteiger partial charge on any atom is -0.398 e. The molecule has 2 atom stereocenters. The summed E-state index contributed by atoms with van der Waals surface area (Å²) >= 11 is 0. The number of nitrogens with zero attached hydrogens (tertiary/aromatic N) is 1. The third-order valence-corrected chi connectivity index (χ3v) is 5.60. The van der Waals surface area contributed by atoms with Crippen LogP contribution in [-0.4, -0.2) is 37.0 Å². The van der Waals surface area contributed by atoms with Gasteiger partial charge in [-0.25, -0.2) is 12.8 Å². The lowest BCUT2D eigenvalue weighted by Crippen LogP contribution is -2.40. The minimum atomic E-state index is -4.02. The highest BCUT2D eigenvalue weighted by atomic mass is 32.2. The van der Waals surface area contributed by atoms with Crippen molar-refractivity contribution in [1.82, 2.24) is 4.31 Å². The van der Waals surface area contributed by atoms with Gasteiger partial charge in [0.15, 0.2) is 0 Å². The van der Waals surface area contributed by atoms with E-state index in [0.717, 1.165) is 10.4 Å². The average Bonchev–Trinajstić information content (AvgIpc) is 2.70. The van der Waals surface area contributed by atoms with E-state index in [1.807, 2.05) is 6.92 Å². The number of aliphatic hydroxyl groups is 1. The lowest BCUT2D eigenvalue weighted by atomic mass is 10.0. The first-order valence-electron chi connectivity index (χ1n) is 6.06. The van der Waals surface area contributed by atoms with Gasteiger partial charge in [-0.1, -0.05) is 13.0 Å². The highest BCUT2D eigenvalue weighted by Crippen LogP contribution is 2.33. The van der Waals surface area contributed by atoms with Crippen LogP contribution in [0.5, 0.6) is 0 Å². The van der Waals surface area contributed by atoms with E-state index in [9.17, 15) is 17.9 Å². The van der Waals surface area contributed by atoms with Crippen LogP contribution >= 0.6 is 0 Å². The number of nitrogens with two attached hydrogens (primary N) is 1. The van der Waals surface area contributed by atoms with Crippen LogP contribution in [0.15, 0.2) is 23.1 Å². The predicted molar refractivity (Wildman–Crippen MR) is 69.4 cm³/mol. The number of rotatable bonds is 3. The third kappa shape index (κ3) is 2.33. The molecule has 2 rings (SSSR count). The molecule has 1 aliphatic rings. The van der Waals surface area contributed by atoms with E-state index in [-0.39, 0.29) is 24.8 Å². The first-order chi connectivity index (χ1) is 8.89. The Kier molecular flexibility index (Phi) is 3.80. The third-order valence-electron chi connectivity index (χ3n) is 3.58. The molecule has 1 aliphatic heterocycles. The number of hydrogen-bond donors (Lipinski definition) is 2. The topological polar surface area (TPSA) is 83.6 Å². The number of sulfonamides is 1. The summed E-state index contributed by atoms with van der Waals surface area (Å²) in [5, 5.41) is 9.32. The Bertz CT molecular complexity index is 556. The molecule has 0 saturated carbocycles. The minimum absolute atomic E-state index is 0.0350. The van der Waals surface area contributed by atoms with Crippen molar-refractivity contribution in [2.24, 2.45) is 5.92 Å². The molecule has 0 spiro atoms. The van der Waals surface area contributed by atoms with Gasteiger partial charge in [0, 0.05) is 6.54 Å². The van der Waals surface area contributed by atoms with E-state index in [4.69, 9.17) is 5.73 Å². The Morgan fingerprint density at radius 2 is 2.21 bits per heavy atom. The zero-order chi connectivity index (χ0) is 14.2. The summed E-state index contributed by atoms with van der Waals surface area (Å²) in [7, 11) is -4.02. The summed E-state index contributed by atoms with van der Waals surface area (Å²) in [6, 6.07) is 3.25. The van der Waals surface area contributed by atoms with Gasteiger partial charge in [0.2, 0.25) is 10.0 Å². The van der Waals surface area contributed by atoms with Gasteiger partial charge >= 0.3 is 0 Å². The number of anilines is 1. The summed E-state index contributed by atoms with van der Waals surface area (Å²) in [6.07, 6.45) is 0.638. The Balaban J connectivity index is 2.49. The molecule has 0 bridgehead atoms. The van der Waals surface area contributed by atoms with Crippen molar-refractivity contribution in [2.75, 3.05) is 18.9 Å². The molecule has 3 N–H and O–H groups in total. The zero-order valence-corrected chi connectivity index (χ0v) is 11.4. The average molecular weight is 288 g/mol. The molecule has 5 nitrogen and oxygen atoms in total. The molecule has 0 amide bonds. The highest BCUT2D eigenvalue weighted by molar-refractivity contribution is 7.89. The second-order valence-electron chi connectivity index (χ2n) is 4.79. The summed E-state index contributed by atoms with van der Waals surface area (Å²) in [6.45, 7) is 1.85. The van der Waals surface area contributed by atoms with Crippen molar-refractivity contribution < 1.29 is 17.9 Å². The van der Waals surface area contributed by atoms with E-state index in [1.54, 1.807) is 0 Å². The SMILES string of the molecule is CC1CCN(S(=O)(=O)c2c(N)cccc2F)C1CO. The van der Waals surface area contributed by atoms with Crippen LogP contribution in [0.4, 0.5) is 10.1 Å². The molecule has 0 aromatic heterocycles. The van der Waals surface area contributed by atoms with Crippen molar-refractivity contribution in [1.29, 1.82) is 0 Å². The fourth-order valence-electron chi connectivity index (χ4n) is 2.46. The van der Waals surface area contributed by atoms with Gasteiger partial charge in [-0.15, -0.1) is 0 Å². The lowest BCUT2D eigenvalue weighted by Gasteiger charge is -2.25. The molecule has 2 unspecified atom stereocenters. The molecular weight excluding hydrogens is 271 g/mol. The van der Waals surface area contributed by atoms with E-state index < -0.39 is 26.8 Å². The zero-order valence-electron chi connectivity index (χ0n) is 10.6. The number of halogens is 1. The van der Waals surface area contributed by atoms with E-state index in [1.165, 1.54) is 12.1 Å². The molecule has 0 aliphatic carbocycles. The van der Waals surface area contributed by atoms with Crippen LogP contribution < -0.4 is 5.73 Å². The fraction of sp³-hybridized carbons (Fsp3) is 0.500. The van der Waals surface area contributed by atoms with Crippen molar-refractivity contribution in [3.8, 4) is 0 Å². The fourth-order valence-corrected chi connectivity index (χ4v) is 4.35. The maximum atomic E-state index is 13.8. The summed E-state index contributed by atoms with van der Waals surface area (Å²) in [5.41, 5.74) is 5.47. The molecule has 7 heteroatoms. The van der Waals surface area contributed by atoms with Crippen molar-refractivity contribution in [3.05, 3.63) is 24.0 Å². The van der Waals surface area contributed by atoms with Crippen LogP contribution in [0.2, 0.25) is 0 Å². The lowest BCUT2D eigenvalue weighted by molar-refractivity contribution is 0.191. The van der Waals surface area contributed by atoms with Gasteiger partial charge in [0.25, 0.3) is 0 Å². The maximum absolute atomic E-state index is 13.8. The van der Waals surface area contributed by atoms with Crippen molar-refractivity contribution in [3.63, 3.8) is 0 Å². The van der Waals surface area contributed by atoms with Crippen LogP contribution in [0.25, 0.3) is 0 Å². The van der Waals surface area contributed by atoms with E-state index >= 15 is 0 Å². The van der Waals surface area contributed by atoms with Gasteiger partial charge < -0.3 is 10.8 Å². The highest BCUT2D eigenvalue weighted by Gasteiger charge is 2.40. The smallest absolute Gasteiger partial charge is 0.248 e. The molecular formula is C12H17FN2O3S. The molecule has 106 valence electrons. The Morgan fingerprint density at radius 1 is 1.53 bits per heavy atom. The number of benzene rings is 1. The molecule has 1 saturated heterocycles. The van der Waals surface area contributed by atoms with Crippen molar-refractivity contribution >= 4 is 15.7 Å². The van der Waals surface area contributed by atoms with E-state index in [0.29, 0.717) is 6.42 Å². The van der Waals surface area contributed by atoms with E-state index in [2.05, 4.69) is 0 Å². The molecule has 1 aromatic rings. The number of hydrogen-bond acceptors (Lipinski definition) is 4. The number of aliphatic hydroxyl groups excluding tert-OH is 1. The first kappa shape index (κ1) is 14.2. The summed E-state index contributed by atoms with van der Waals surface area (Å²) in [4.78, 5) is -0.498. The quantitative estimate of drug-likeness (QED) is 0.806. The Morgan fingerprint density at radius 3 is 2.79 bits per heavy atom. The van der Waals surface area contributed by atoms with Gasteiger partial charge in [-0.2, -0.15) is 4.31 Å². The molecule has 1 heterocycles. The first-order valence-corrected chi connectivity index (χ1v) is 7.50. The standard InChI is InChI=1S/C12H17FN2O3S/c1-8-5-6-15(11(8)7-16)19(17,18)12-9(13)3-2-4-10(12)14/h2-4,8,11,16H,5-7,14H2,1H3. The van der Waals surface area contributed by atoms with Gasteiger partial charge in [-0.3, -0.25) is 0 Å². The van der Waals surface area contributed by atoms with Crippen molar-refractivity contribution in [2.45, 2.75) is 24.3 Å². The van der Waals surface area contributed by atoms with Gasteiger partial charge in [-0.05, 0) is 24.5 Å².